The van der Waals surface area contributed by atoms with Gasteiger partial charge in [0.15, 0.2) is 5.65 Å². The standard InChI is InChI=1S/C8H8N2.C7H7N3.C2H6/c1-7-6-10-5-3-2-4-8(10)9-7;1-5-9-6-3-2-4-8-7(6)10-5;1-2/h2-6H,1H3;2-4H,1H3,(H,8,9,10);1-2H3. The molecule has 0 aliphatic heterocycles. The highest BCUT2D eigenvalue weighted by Gasteiger charge is 1.95. The van der Waals surface area contributed by atoms with Crippen molar-refractivity contribution in [3.05, 3.63) is 60.4 Å². The summed E-state index contributed by atoms with van der Waals surface area (Å²) in [7, 11) is 0. The molecular weight excluding hydrogens is 274 g/mol. The molecule has 114 valence electrons. The molecule has 4 rings (SSSR count). The molecule has 0 radical (unpaired) electrons. The zero-order valence-electron chi connectivity index (χ0n) is 13.4. The van der Waals surface area contributed by atoms with Crippen LogP contribution in [0.3, 0.4) is 0 Å². The average molecular weight is 295 g/mol. The number of imidazole rings is 2. The fourth-order valence-electron chi connectivity index (χ4n) is 2.03. The molecule has 5 nitrogen and oxygen atoms in total. The molecule has 0 fully saturated rings. The lowest BCUT2D eigenvalue weighted by Gasteiger charge is -1.86. The van der Waals surface area contributed by atoms with E-state index in [0.29, 0.717) is 0 Å². The van der Waals surface area contributed by atoms with E-state index < -0.39 is 0 Å². The van der Waals surface area contributed by atoms with E-state index in [0.717, 1.165) is 28.3 Å². The van der Waals surface area contributed by atoms with Gasteiger partial charge in [0.05, 0.1) is 11.2 Å². The smallest absolute Gasteiger partial charge is 0.177 e. The quantitative estimate of drug-likeness (QED) is 0.534. The maximum Gasteiger partial charge on any atom is 0.177 e. The molecule has 0 amide bonds. The Bertz CT molecular complexity index is 706. The number of hydrogen-bond acceptors (Lipinski definition) is 3. The summed E-state index contributed by atoms with van der Waals surface area (Å²) in [6.07, 6.45) is 5.74. The van der Waals surface area contributed by atoms with E-state index in [1.165, 1.54) is 0 Å². The van der Waals surface area contributed by atoms with Gasteiger partial charge in [-0.3, -0.25) is 0 Å². The van der Waals surface area contributed by atoms with E-state index in [9.17, 15) is 0 Å². The van der Waals surface area contributed by atoms with Crippen LogP contribution in [0.1, 0.15) is 25.4 Å². The molecule has 5 heteroatoms. The summed E-state index contributed by atoms with van der Waals surface area (Å²) >= 11 is 0. The summed E-state index contributed by atoms with van der Waals surface area (Å²) in [6.45, 7) is 7.91. The second kappa shape index (κ2) is 7.36. The van der Waals surface area contributed by atoms with Crippen LogP contribution in [-0.2, 0) is 0 Å². The van der Waals surface area contributed by atoms with E-state index in [1.807, 2.05) is 74.8 Å². The van der Waals surface area contributed by atoms with Crippen LogP contribution in [0.4, 0.5) is 0 Å². The molecular formula is C17H21N5. The van der Waals surface area contributed by atoms with Gasteiger partial charge in [-0.05, 0) is 38.1 Å². The molecule has 0 bridgehead atoms. The molecule has 0 atom stereocenters. The molecule has 0 saturated heterocycles. The highest BCUT2D eigenvalue weighted by molar-refractivity contribution is 5.69. The Kier molecular flexibility index (Phi) is 5.25. The van der Waals surface area contributed by atoms with Crippen molar-refractivity contribution in [1.82, 2.24) is 24.3 Å². The van der Waals surface area contributed by atoms with E-state index >= 15 is 0 Å². The molecule has 22 heavy (non-hydrogen) atoms. The van der Waals surface area contributed by atoms with Crippen LogP contribution in [0, 0.1) is 13.8 Å². The SMILES string of the molecule is CC.Cc1cn2ccccc2n1.Cc1nc2ncccc2[nH]1. The monoisotopic (exact) mass is 295 g/mol. The maximum absolute atomic E-state index is 4.28. The first-order chi connectivity index (χ1) is 10.7. The third-order valence-corrected chi connectivity index (χ3v) is 2.86. The highest BCUT2D eigenvalue weighted by Crippen LogP contribution is 2.05. The Labute approximate surface area is 130 Å². The largest absolute Gasteiger partial charge is 0.341 e. The fraction of sp³-hybridized carbons (Fsp3) is 0.235. The average Bonchev–Trinajstić information content (AvgIpc) is 3.10. The number of fused-ring (bicyclic) bond motifs is 2. The maximum atomic E-state index is 4.28. The zero-order chi connectivity index (χ0) is 15.9. The fourth-order valence-corrected chi connectivity index (χ4v) is 2.03. The minimum absolute atomic E-state index is 0.792. The minimum atomic E-state index is 0.792. The Morgan fingerprint density at radius 1 is 1.00 bits per heavy atom. The molecule has 1 N–H and O–H groups in total. The Morgan fingerprint density at radius 3 is 2.55 bits per heavy atom. The van der Waals surface area contributed by atoms with Crippen molar-refractivity contribution in [3.63, 3.8) is 0 Å². The van der Waals surface area contributed by atoms with Gasteiger partial charge in [0.1, 0.15) is 11.5 Å². The lowest BCUT2D eigenvalue weighted by Crippen LogP contribution is -1.77. The molecule has 0 saturated carbocycles. The van der Waals surface area contributed by atoms with Gasteiger partial charge in [0, 0.05) is 18.6 Å². The number of nitrogens with one attached hydrogen (secondary N) is 1. The van der Waals surface area contributed by atoms with Crippen LogP contribution >= 0.6 is 0 Å². The van der Waals surface area contributed by atoms with Crippen molar-refractivity contribution < 1.29 is 0 Å². The van der Waals surface area contributed by atoms with Gasteiger partial charge < -0.3 is 9.38 Å². The first-order valence-electron chi connectivity index (χ1n) is 7.40. The van der Waals surface area contributed by atoms with Crippen LogP contribution < -0.4 is 0 Å². The number of rotatable bonds is 0. The summed E-state index contributed by atoms with van der Waals surface area (Å²) in [6, 6.07) is 9.82. The highest BCUT2D eigenvalue weighted by atomic mass is 15.0. The summed E-state index contributed by atoms with van der Waals surface area (Å²) in [4.78, 5) is 15.6. The number of pyridine rings is 2. The van der Waals surface area contributed by atoms with Crippen molar-refractivity contribution in [1.29, 1.82) is 0 Å². The molecule has 0 aliphatic rings. The molecule has 4 aromatic rings. The van der Waals surface area contributed by atoms with Gasteiger partial charge in [0.25, 0.3) is 0 Å². The predicted octanol–water partition coefficient (Wildman–Crippen LogP) is 3.94. The van der Waals surface area contributed by atoms with E-state index in [-0.39, 0.29) is 0 Å². The van der Waals surface area contributed by atoms with Gasteiger partial charge >= 0.3 is 0 Å². The topological polar surface area (TPSA) is 58.9 Å². The van der Waals surface area contributed by atoms with Crippen molar-refractivity contribution in [3.8, 4) is 0 Å². The van der Waals surface area contributed by atoms with Crippen LogP contribution in [0.15, 0.2) is 48.9 Å². The first kappa shape index (κ1) is 15.7. The summed E-state index contributed by atoms with van der Waals surface area (Å²) in [5, 5.41) is 0. The van der Waals surface area contributed by atoms with Crippen LogP contribution in [0.5, 0.6) is 0 Å². The van der Waals surface area contributed by atoms with Crippen molar-refractivity contribution in [2.75, 3.05) is 0 Å². The lowest BCUT2D eigenvalue weighted by atomic mass is 10.4. The summed E-state index contributed by atoms with van der Waals surface area (Å²) in [5.41, 5.74) is 3.87. The number of H-pyrrole nitrogens is 1. The third-order valence-electron chi connectivity index (χ3n) is 2.86. The third kappa shape index (κ3) is 3.69. The van der Waals surface area contributed by atoms with Crippen molar-refractivity contribution >= 4 is 16.8 Å². The van der Waals surface area contributed by atoms with Gasteiger partial charge in [-0.1, -0.05) is 19.9 Å². The number of aromatic amines is 1. The Hall–Kier alpha value is -2.69. The molecule has 4 aromatic heterocycles. The van der Waals surface area contributed by atoms with E-state index in [2.05, 4.69) is 19.9 Å². The molecule has 0 aromatic carbocycles. The number of hydrogen-bond donors (Lipinski definition) is 1. The predicted molar refractivity (Wildman–Crippen MR) is 89.9 cm³/mol. The number of nitrogens with zero attached hydrogens (tertiary/aromatic N) is 4. The summed E-state index contributed by atoms with van der Waals surface area (Å²) < 4.78 is 2.01. The van der Waals surface area contributed by atoms with E-state index in [1.54, 1.807) is 6.20 Å². The minimum Gasteiger partial charge on any atom is -0.341 e. The van der Waals surface area contributed by atoms with Crippen LogP contribution in [-0.4, -0.2) is 24.3 Å². The van der Waals surface area contributed by atoms with Gasteiger partial charge in [-0.2, -0.15) is 0 Å². The first-order valence-corrected chi connectivity index (χ1v) is 7.40. The molecule has 0 aliphatic carbocycles. The van der Waals surface area contributed by atoms with Gasteiger partial charge in [-0.25, -0.2) is 15.0 Å². The lowest BCUT2D eigenvalue weighted by molar-refractivity contribution is 1.16. The second-order valence-corrected chi connectivity index (χ2v) is 4.55. The normalized spacial score (nSPS) is 9.82. The molecule has 4 heterocycles. The van der Waals surface area contributed by atoms with Crippen molar-refractivity contribution in [2.45, 2.75) is 27.7 Å². The van der Waals surface area contributed by atoms with Crippen molar-refractivity contribution in [2.24, 2.45) is 0 Å². The molecule has 0 unspecified atom stereocenters. The van der Waals surface area contributed by atoms with Crippen LogP contribution in [0.25, 0.3) is 16.8 Å². The second-order valence-electron chi connectivity index (χ2n) is 4.55. The Balaban J connectivity index is 0.000000144. The van der Waals surface area contributed by atoms with Crippen LogP contribution in [0.2, 0.25) is 0 Å². The number of aromatic nitrogens is 5. The Morgan fingerprint density at radius 2 is 1.82 bits per heavy atom. The summed E-state index contributed by atoms with van der Waals surface area (Å²) in [5.74, 6) is 0.911. The van der Waals surface area contributed by atoms with Gasteiger partial charge in [-0.15, -0.1) is 0 Å². The van der Waals surface area contributed by atoms with Gasteiger partial charge in [0.2, 0.25) is 0 Å². The number of aryl methyl sites for hydroxylation is 2. The van der Waals surface area contributed by atoms with E-state index in [4.69, 9.17) is 0 Å². The molecule has 0 spiro atoms. The zero-order valence-corrected chi connectivity index (χ0v) is 13.4.